The molecule has 0 amide bonds. The molecule has 0 unspecified atom stereocenters. The largest absolute Gasteiger partial charge is 0.378 e. The van der Waals surface area contributed by atoms with Crippen molar-refractivity contribution in [3.8, 4) is 0 Å². The molecule has 0 aromatic heterocycles. The molecule has 118 valence electrons. The summed E-state index contributed by atoms with van der Waals surface area (Å²) in [5, 5.41) is 0. The minimum absolute atomic E-state index is 0.589. The van der Waals surface area contributed by atoms with Crippen molar-refractivity contribution in [1.82, 2.24) is 0 Å². The van der Waals surface area contributed by atoms with Crippen LogP contribution in [0.4, 0.5) is 0 Å². The predicted molar refractivity (Wildman–Crippen MR) is 87.0 cm³/mol. The zero-order valence-electron chi connectivity index (χ0n) is 13.9. The lowest BCUT2D eigenvalue weighted by molar-refractivity contribution is 0.0168. The van der Waals surface area contributed by atoms with Gasteiger partial charge in [0.1, 0.15) is 0 Å². The topological polar surface area (TPSA) is 9.23 Å². The monoisotopic (exact) mass is 280 g/mol. The van der Waals surface area contributed by atoms with Gasteiger partial charge in [0.15, 0.2) is 0 Å². The fraction of sp³-hybridized carbons (Fsp3) is 1.00. The second-order valence-corrected chi connectivity index (χ2v) is 7.39. The van der Waals surface area contributed by atoms with Gasteiger partial charge in [-0.3, -0.25) is 0 Å². The van der Waals surface area contributed by atoms with E-state index in [1.54, 1.807) is 0 Å². The Kier molecular flexibility index (Phi) is 7.41. The molecule has 2 rings (SSSR count). The van der Waals surface area contributed by atoms with Gasteiger partial charge in [-0.2, -0.15) is 0 Å². The summed E-state index contributed by atoms with van der Waals surface area (Å²) >= 11 is 0. The third kappa shape index (κ3) is 5.39. The van der Waals surface area contributed by atoms with Crippen LogP contribution >= 0.6 is 0 Å². The van der Waals surface area contributed by atoms with E-state index in [0.717, 1.165) is 24.4 Å². The molecule has 1 nitrogen and oxygen atoms in total. The Labute approximate surface area is 126 Å². The number of rotatable bonds is 7. The van der Waals surface area contributed by atoms with Gasteiger partial charge in [0.25, 0.3) is 0 Å². The Balaban J connectivity index is 1.55. The van der Waals surface area contributed by atoms with Crippen molar-refractivity contribution in [2.24, 2.45) is 17.8 Å². The van der Waals surface area contributed by atoms with Crippen LogP contribution in [0.15, 0.2) is 0 Å². The summed E-state index contributed by atoms with van der Waals surface area (Å²) in [5.74, 6) is 3.13. The smallest absolute Gasteiger partial charge is 0.0575 e. The fourth-order valence-electron chi connectivity index (χ4n) is 4.27. The highest BCUT2D eigenvalue weighted by Crippen LogP contribution is 2.36. The molecule has 0 bridgehead atoms. The van der Waals surface area contributed by atoms with Gasteiger partial charge in [-0.05, 0) is 49.9 Å². The minimum atomic E-state index is 0.589. The van der Waals surface area contributed by atoms with E-state index in [1.807, 2.05) is 0 Å². The van der Waals surface area contributed by atoms with Crippen molar-refractivity contribution in [3.63, 3.8) is 0 Å². The highest BCUT2D eigenvalue weighted by Gasteiger charge is 2.24. The Bertz CT molecular complexity index is 234. The Morgan fingerprint density at radius 3 is 1.70 bits per heavy atom. The van der Waals surface area contributed by atoms with Crippen LogP contribution in [0.3, 0.4) is 0 Å². The van der Waals surface area contributed by atoms with Crippen LogP contribution in [0.1, 0.15) is 90.9 Å². The van der Waals surface area contributed by atoms with E-state index in [1.165, 1.54) is 77.0 Å². The molecule has 1 heteroatoms. The van der Waals surface area contributed by atoms with Gasteiger partial charge in [-0.1, -0.05) is 58.8 Å². The Morgan fingerprint density at radius 2 is 1.20 bits per heavy atom. The molecule has 0 radical (unpaired) electrons. The van der Waals surface area contributed by atoms with E-state index in [9.17, 15) is 0 Å². The lowest BCUT2D eigenvalue weighted by Crippen LogP contribution is -2.23. The minimum Gasteiger partial charge on any atom is -0.378 e. The second kappa shape index (κ2) is 9.07. The fourth-order valence-corrected chi connectivity index (χ4v) is 4.27. The van der Waals surface area contributed by atoms with Crippen LogP contribution < -0.4 is 0 Å². The van der Waals surface area contributed by atoms with Gasteiger partial charge < -0.3 is 4.74 Å². The maximum atomic E-state index is 5.90. The van der Waals surface area contributed by atoms with Crippen LogP contribution in [0.5, 0.6) is 0 Å². The van der Waals surface area contributed by atoms with Gasteiger partial charge in [-0.25, -0.2) is 0 Å². The number of ether oxygens (including phenoxy) is 1. The summed E-state index contributed by atoms with van der Waals surface area (Å²) in [4.78, 5) is 0. The lowest BCUT2D eigenvalue weighted by Gasteiger charge is -2.31. The van der Waals surface area contributed by atoms with Gasteiger partial charge in [0.2, 0.25) is 0 Å². The van der Waals surface area contributed by atoms with E-state index >= 15 is 0 Å². The molecular formula is C19H36O. The van der Waals surface area contributed by atoms with E-state index in [4.69, 9.17) is 4.74 Å². The highest BCUT2D eigenvalue weighted by molar-refractivity contribution is 4.76. The summed E-state index contributed by atoms with van der Waals surface area (Å²) in [7, 11) is 0. The standard InChI is InChI=1S/C19H36O/c1-3-15-20-19-13-11-18(12-14-19)10-9-17-7-5-16(4-2)6-8-17/h16-19H,3-15H2,1-2H3/t16-,17-,18-,19-. The van der Waals surface area contributed by atoms with E-state index in [0.29, 0.717) is 6.10 Å². The molecule has 2 aliphatic carbocycles. The zero-order valence-corrected chi connectivity index (χ0v) is 13.9. The number of hydrogen-bond acceptors (Lipinski definition) is 1. The summed E-state index contributed by atoms with van der Waals surface area (Å²) in [6.07, 6.45) is 17.8. The van der Waals surface area contributed by atoms with Crippen molar-refractivity contribution >= 4 is 0 Å². The van der Waals surface area contributed by atoms with Crippen LogP contribution in [0.25, 0.3) is 0 Å². The van der Waals surface area contributed by atoms with Crippen LogP contribution in [0, 0.1) is 17.8 Å². The Hall–Kier alpha value is -0.0400. The average molecular weight is 280 g/mol. The van der Waals surface area contributed by atoms with Crippen LogP contribution in [-0.4, -0.2) is 12.7 Å². The molecule has 20 heavy (non-hydrogen) atoms. The first kappa shape index (κ1) is 16.3. The first-order valence-electron chi connectivity index (χ1n) is 9.43. The normalized spacial score (nSPS) is 35.1. The van der Waals surface area contributed by atoms with Crippen LogP contribution in [-0.2, 0) is 4.74 Å². The van der Waals surface area contributed by atoms with E-state index in [-0.39, 0.29) is 0 Å². The second-order valence-electron chi connectivity index (χ2n) is 7.39. The van der Waals surface area contributed by atoms with Crippen molar-refractivity contribution < 1.29 is 4.74 Å². The van der Waals surface area contributed by atoms with Gasteiger partial charge >= 0.3 is 0 Å². The third-order valence-electron chi connectivity index (χ3n) is 5.88. The Morgan fingerprint density at radius 1 is 0.700 bits per heavy atom. The van der Waals surface area contributed by atoms with E-state index in [2.05, 4.69) is 13.8 Å². The number of hydrogen-bond donors (Lipinski definition) is 0. The molecular weight excluding hydrogens is 244 g/mol. The molecule has 2 aliphatic rings. The van der Waals surface area contributed by atoms with Gasteiger partial charge in [-0.15, -0.1) is 0 Å². The SMILES string of the molecule is CCCO[C@H]1CC[C@H](CC[C@H]2CC[C@H](CC)CC2)CC1. The first-order chi connectivity index (χ1) is 9.81. The summed E-state index contributed by atoms with van der Waals surface area (Å²) in [6.45, 7) is 5.54. The summed E-state index contributed by atoms with van der Waals surface area (Å²) < 4.78 is 5.90. The zero-order chi connectivity index (χ0) is 14.2. The first-order valence-corrected chi connectivity index (χ1v) is 9.43. The molecule has 0 aliphatic heterocycles. The predicted octanol–water partition coefficient (Wildman–Crippen LogP) is 5.97. The quantitative estimate of drug-likeness (QED) is 0.558. The summed E-state index contributed by atoms with van der Waals surface area (Å²) in [6, 6.07) is 0. The molecule has 0 atom stereocenters. The molecule has 0 saturated heterocycles. The molecule has 2 saturated carbocycles. The van der Waals surface area contributed by atoms with Crippen molar-refractivity contribution in [2.45, 2.75) is 97.0 Å². The van der Waals surface area contributed by atoms with Crippen molar-refractivity contribution in [3.05, 3.63) is 0 Å². The summed E-state index contributed by atoms with van der Waals surface area (Å²) in [5.41, 5.74) is 0. The van der Waals surface area contributed by atoms with Crippen molar-refractivity contribution in [1.29, 1.82) is 0 Å². The maximum absolute atomic E-state index is 5.90. The average Bonchev–Trinajstić information content (AvgIpc) is 2.52. The highest BCUT2D eigenvalue weighted by atomic mass is 16.5. The molecule has 2 fully saturated rings. The molecule has 0 aromatic carbocycles. The maximum Gasteiger partial charge on any atom is 0.0575 e. The van der Waals surface area contributed by atoms with Crippen LogP contribution in [0.2, 0.25) is 0 Å². The molecule has 0 aromatic rings. The lowest BCUT2D eigenvalue weighted by atomic mass is 9.76. The van der Waals surface area contributed by atoms with E-state index < -0.39 is 0 Å². The molecule has 0 heterocycles. The van der Waals surface area contributed by atoms with Gasteiger partial charge in [0.05, 0.1) is 6.10 Å². The van der Waals surface area contributed by atoms with Crippen molar-refractivity contribution in [2.75, 3.05) is 6.61 Å². The van der Waals surface area contributed by atoms with Gasteiger partial charge in [0, 0.05) is 6.61 Å². The third-order valence-corrected chi connectivity index (χ3v) is 5.88. The molecule has 0 spiro atoms. The molecule has 0 N–H and O–H groups in total.